The standard InChI is InChI=1S/C9H8O.C3H2N2/c10-9-6-5-7-3-1-2-4-8(7)9;4-2-1-3-5/h1-4H,5-6H2;1H2. The number of nitriles is 2. The summed E-state index contributed by atoms with van der Waals surface area (Å²) in [6.45, 7) is 0. The Morgan fingerprint density at radius 3 is 2.33 bits per heavy atom. The van der Waals surface area contributed by atoms with Crippen molar-refractivity contribution in [1.82, 2.24) is 0 Å². The van der Waals surface area contributed by atoms with Crippen LogP contribution in [0.2, 0.25) is 0 Å². The van der Waals surface area contributed by atoms with E-state index in [0.717, 1.165) is 12.0 Å². The van der Waals surface area contributed by atoms with Crippen LogP contribution in [0.15, 0.2) is 24.3 Å². The molecule has 2 rings (SSSR count). The summed E-state index contributed by atoms with van der Waals surface area (Å²) in [4.78, 5) is 11.1. The molecular formula is C12H10N2O. The van der Waals surface area contributed by atoms with E-state index in [-0.39, 0.29) is 6.42 Å². The first-order valence-corrected chi connectivity index (χ1v) is 4.64. The first kappa shape index (κ1) is 10.9. The maximum Gasteiger partial charge on any atom is 0.163 e. The smallest absolute Gasteiger partial charge is 0.163 e. The quantitative estimate of drug-likeness (QED) is 0.642. The maximum atomic E-state index is 11.1. The van der Waals surface area contributed by atoms with Gasteiger partial charge < -0.3 is 0 Å². The van der Waals surface area contributed by atoms with Crippen molar-refractivity contribution in [3.8, 4) is 12.1 Å². The van der Waals surface area contributed by atoms with Crippen LogP contribution in [-0.4, -0.2) is 5.78 Å². The number of hydrogen-bond donors (Lipinski definition) is 0. The van der Waals surface area contributed by atoms with Crippen molar-refractivity contribution in [2.45, 2.75) is 19.3 Å². The van der Waals surface area contributed by atoms with Crippen molar-refractivity contribution in [1.29, 1.82) is 10.5 Å². The van der Waals surface area contributed by atoms with Crippen molar-refractivity contribution in [3.05, 3.63) is 35.4 Å². The second-order valence-electron chi connectivity index (χ2n) is 3.07. The third-order valence-corrected chi connectivity index (χ3v) is 2.10. The highest BCUT2D eigenvalue weighted by molar-refractivity contribution is 6.00. The Hall–Kier alpha value is -2.13. The van der Waals surface area contributed by atoms with Gasteiger partial charge in [-0.05, 0) is 12.0 Å². The largest absolute Gasteiger partial charge is 0.294 e. The predicted molar refractivity (Wildman–Crippen MR) is 54.9 cm³/mol. The number of rotatable bonds is 0. The van der Waals surface area contributed by atoms with Crippen LogP contribution in [0.4, 0.5) is 0 Å². The molecule has 0 aliphatic heterocycles. The van der Waals surface area contributed by atoms with Gasteiger partial charge in [0, 0.05) is 12.0 Å². The van der Waals surface area contributed by atoms with Gasteiger partial charge in [-0.25, -0.2) is 0 Å². The summed E-state index contributed by atoms with van der Waals surface area (Å²) in [5, 5.41) is 15.2. The van der Waals surface area contributed by atoms with E-state index in [1.54, 1.807) is 12.1 Å². The highest BCUT2D eigenvalue weighted by Gasteiger charge is 2.17. The molecule has 0 amide bonds. The molecule has 0 N–H and O–H groups in total. The molecule has 1 aromatic carbocycles. The van der Waals surface area contributed by atoms with Crippen molar-refractivity contribution in [2.75, 3.05) is 0 Å². The number of benzene rings is 1. The maximum absolute atomic E-state index is 11.1. The van der Waals surface area contributed by atoms with Gasteiger partial charge in [-0.1, -0.05) is 24.3 Å². The molecule has 0 saturated heterocycles. The fraction of sp³-hybridized carbons (Fsp3) is 0.250. The molecule has 1 aliphatic carbocycles. The van der Waals surface area contributed by atoms with Crippen molar-refractivity contribution < 1.29 is 4.79 Å². The summed E-state index contributed by atoms with van der Waals surface area (Å²) in [5.41, 5.74) is 2.15. The van der Waals surface area contributed by atoms with Gasteiger partial charge >= 0.3 is 0 Å². The molecule has 0 bridgehead atoms. The lowest BCUT2D eigenvalue weighted by Crippen LogP contribution is -1.88. The molecule has 0 radical (unpaired) electrons. The zero-order valence-electron chi connectivity index (χ0n) is 8.23. The summed E-state index contributed by atoms with van der Waals surface area (Å²) < 4.78 is 0. The van der Waals surface area contributed by atoms with E-state index in [9.17, 15) is 4.79 Å². The van der Waals surface area contributed by atoms with Crippen LogP contribution in [0.25, 0.3) is 0 Å². The Bertz CT molecular complexity index is 426. The van der Waals surface area contributed by atoms with Gasteiger partial charge in [0.05, 0.1) is 12.1 Å². The van der Waals surface area contributed by atoms with Crippen LogP contribution in [0.5, 0.6) is 0 Å². The summed E-state index contributed by atoms with van der Waals surface area (Å²) in [6.07, 6.45) is 1.65. The molecule has 0 unspecified atom stereocenters. The van der Waals surface area contributed by atoms with E-state index in [2.05, 4.69) is 0 Å². The van der Waals surface area contributed by atoms with E-state index in [4.69, 9.17) is 10.5 Å². The van der Waals surface area contributed by atoms with E-state index in [1.807, 2.05) is 24.3 Å². The highest BCUT2D eigenvalue weighted by Crippen LogP contribution is 2.20. The Morgan fingerprint density at radius 2 is 1.80 bits per heavy atom. The number of Topliss-reactive ketones (excluding diaryl/α,β-unsaturated/α-hetero) is 1. The van der Waals surface area contributed by atoms with Crippen molar-refractivity contribution >= 4 is 5.78 Å². The molecule has 0 heterocycles. The average Bonchev–Trinajstić information content (AvgIpc) is 2.64. The van der Waals surface area contributed by atoms with Crippen LogP contribution >= 0.6 is 0 Å². The number of carbonyl (C=O) groups excluding carboxylic acids is 1. The molecule has 0 fully saturated rings. The van der Waals surface area contributed by atoms with E-state index >= 15 is 0 Å². The minimum atomic E-state index is 0. The topological polar surface area (TPSA) is 64.7 Å². The van der Waals surface area contributed by atoms with Crippen LogP contribution in [0.3, 0.4) is 0 Å². The van der Waals surface area contributed by atoms with Crippen LogP contribution in [0.1, 0.15) is 28.8 Å². The zero-order valence-corrected chi connectivity index (χ0v) is 8.23. The van der Waals surface area contributed by atoms with Crippen molar-refractivity contribution in [2.24, 2.45) is 0 Å². The normalized spacial score (nSPS) is 11.7. The van der Waals surface area contributed by atoms with E-state index in [0.29, 0.717) is 12.2 Å². The minimum absolute atomic E-state index is 0. The number of nitrogens with zero attached hydrogens (tertiary/aromatic N) is 2. The Balaban J connectivity index is 0.000000195. The summed E-state index contributed by atoms with van der Waals surface area (Å²) in [5.74, 6) is 0.301. The molecule has 0 aromatic heterocycles. The number of aryl methyl sites for hydroxylation is 1. The molecule has 74 valence electrons. The molecular weight excluding hydrogens is 188 g/mol. The van der Waals surface area contributed by atoms with Gasteiger partial charge in [-0.15, -0.1) is 0 Å². The second-order valence-corrected chi connectivity index (χ2v) is 3.07. The lowest BCUT2D eigenvalue weighted by molar-refractivity contribution is 0.0994. The van der Waals surface area contributed by atoms with Gasteiger partial charge in [0.15, 0.2) is 5.78 Å². The molecule has 0 saturated carbocycles. The van der Waals surface area contributed by atoms with Crippen molar-refractivity contribution in [3.63, 3.8) is 0 Å². The minimum Gasteiger partial charge on any atom is -0.294 e. The fourth-order valence-corrected chi connectivity index (χ4v) is 1.43. The third-order valence-electron chi connectivity index (χ3n) is 2.10. The molecule has 0 spiro atoms. The van der Waals surface area contributed by atoms with Gasteiger partial charge in [-0.2, -0.15) is 10.5 Å². The fourth-order valence-electron chi connectivity index (χ4n) is 1.43. The second kappa shape index (κ2) is 5.57. The summed E-state index contributed by atoms with van der Waals surface area (Å²) in [7, 11) is 0. The number of hydrogen-bond acceptors (Lipinski definition) is 3. The van der Waals surface area contributed by atoms with Crippen LogP contribution in [0, 0.1) is 22.7 Å². The first-order chi connectivity index (χ1) is 7.29. The zero-order chi connectivity index (χ0) is 11.1. The lowest BCUT2D eigenvalue weighted by atomic mass is 10.1. The van der Waals surface area contributed by atoms with Gasteiger partial charge in [0.2, 0.25) is 0 Å². The monoisotopic (exact) mass is 198 g/mol. The number of fused-ring (bicyclic) bond motifs is 1. The molecule has 3 heteroatoms. The number of carbonyl (C=O) groups is 1. The van der Waals surface area contributed by atoms with Crippen LogP contribution in [-0.2, 0) is 6.42 Å². The third kappa shape index (κ3) is 2.93. The summed E-state index contributed by atoms with van der Waals surface area (Å²) in [6, 6.07) is 11.2. The Kier molecular flexibility index (Phi) is 4.06. The SMILES string of the molecule is N#CCC#N.O=C1CCc2ccccc21. The van der Waals surface area contributed by atoms with Crippen LogP contribution < -0.4 is 0 Å². The van der Waals surface area contributed by atoms with Gasteiger partial charge in [0.25, 0.3) is 0 Å². The molecule has 15 heavy (non-hydrogen) atoms. The molecule has 1 aromatic rings. The first-order valence-electron chi connectivity index (χ1n) is 4.64. The van der Waals surface area contributed by atoms with E-state index in [1.165, 1.54) is 5.56 Å². The summed E-state index contributed by atoms with van der Waals surface area (Å²) >= 11 is 0. The molecule has 0 atom stereocenters. The molecule has 3 nitrogen and oxygen atoms in total. The molecule has 1 aliphatic rings. The number of ketones is 1. The lowest BCUT2D eigenvalue weighted by Gasteiger charge is -1.92. The average molecular weight is 198 g/mol. The Morgan fingerprint density at radius 1 is 1.13 bits per heavy atom. The Labute approximate surface area is 88.6 Å². The highest BCUT2D eigenvalue weighted by atomic mass is 16.1. The van der Waals surface area contributed by atoms with E-state index < -0.39 is 0 Å². The predicted octanol–water partition coefficient (Wildman–Crippen LogP) is 2.24. The van der Waals surface area contributed by atoms with Gasteiger partial charge in [0.1, 0.15) is 6.42 Å². The van der Waals surface area contributed by atoms with Gasteiger partial charge in [-0.3, -0.25) is 4.79 Å².